The van der Waals surface area contributed by atoms with Crippen molar-refractivity contribution in [3.05, 3.63) is 29.8 Å². The highest BCUT2D eigenvalue weighted by atomic mass is 32.2. The summed E-state index contributed by atoms with van der Waals surface area (Å²) >= 11 is 0. The molecule has 1 aromatic carbocycles. The van der Waals surface area contributed by atoms with E-state index in [0.717, 1.165) is 24.8 Å². The lowest BCUT2D eigenvalue weighted by Crippen LogP contribution is -2.41. The van der Waals surface area contributed by atoms with Gasteiger partial charge in [0.05, 0.1) is 4.90 Å². The first-order valence-electron chi connectivity index (χ1n) is 7.75. The molecular weight excluding hydrogens is 284 g/mol. The second kappa shape index (κ2) is 6.90. The van der Waals surface area contributed by atoms with Gasteiger partial charge < -0.3 is 5.32 Å². The summed E-state index contributed by atoms with van der Waals surface area (Å²) in [4.78, 5) is 0.416. The van der Waals surface area contributed by atoms with Gasteiger partial charge in [-0.05, 0) is 37.5 Å². The van der Waals surface area contributed by atoms with Crippen LogP contribution in [0.5, 0.6) is 0 Å². The second-order valence-corrected chi connectivity index (χ2v) is 8.03. The average molecular weight is 310 g/mol. The van der Waals surface area contributed by atoms with Crippen LogP contribution in [-0.4, -0.2) is 31.4 Å². The van der Waals surface area contributed by atoms with Gasteiger partial charge in [-0.1, -0.05) is 32.4 Å². The zero-order valence-corrected chi connectivity index (χ0v) is 14.0. The number of hydrogen-bond donors (Lipinski definition) is 1. The van der Waals surface area contributed by atoms with Crippen LogP contribution in [0.4, 0.5) is 0 Å². The number of nitrogens with one attached hydrogen (secondary N) is 1. The Bertz CT molecular complexity index is 569. The number of sulfonamides is 1. The van der Waals surface area contributed by atoms with E-state index < -0.39 is 10.0 Å². The topological polar surface area (TPSA) is 49.4 Å². The summed E-state index contributed by atoms with van der Waals surface area (Å²) in [5.41, 5.74) is 1.01. The highest BCUT2D eigenvalue weighted by Gasteiger charge is 2.30. The maximum absolute atomic E-state index is 12.8. The molecule has 1 heterocycles. The minimum atomic E-state index is -3.37. The lowest BCUT2D eigenvalue weighted by molar-refractivity contribution is 0.268. The zero-order valence-electron chi connectivity index (χ0n) is 13.2. The van der Waals surface area contributed by atoms with E-state index in [1.165, 1.54) is 0 Å². The van der Waals surface area contributed by atoms with Crippen LogP contribution in [0.25, 0.3) is 0 Å². The molecule has 21 heavy (non-hydrogen) atoms. The van der Waals surface area contributed by atoms with E-state index in [-0.39, 0.29) is 6.04 Å². The Balaban J connectivity index is 2.21. The summed E-state index contributed by atoms with van der Waals surface area (Å²) < 4.78 is 27.2. The molecule has 0 radical (unpaired) electrons. The number of rotatable bonds is 5. The Kier molecular flexibility index (Phi) is 5.41. The molecule has 1 atom stereocenters. The molecule has 1 N–H and O–H groups in total. The minimum absolute atomic E-state index is 0.0983. The SMILES string of the molecule is CC(C)NCc1cccc(S(=O)(=O)N2CCCCC2C)c1. The lowest BCUT2D eigenvalue weighted by Gasteiger charge is -2.32. The molecule has 0 aliphatic carbocycles. The van der Waals surface area contributed by atoms with Crippen molar-refractivity contribution in [1.29, 1.82) is 0 Å². The molecule has 118 valence electrons. The van der Waals surface area contributed by atoms with E-state index in [0.29, 0.717) is 24.0 Å². The van der Waals surface area contributed by atoms with Crippen molar-refractivity contribution >= 4 is 10.0 Å². The molecule has 0 aromatic heterocycles. The zero-order chi connectivity index (χ0) is 15.5. The molecule has 0 saturated carbocycles. The number of hydrogen-bond acceptors (Lipinski definition) is 3. The van der Waals surface area contributed by atoms with Crippen LogP contribution in [0.3, 0.4) is 0 Å². The van der Waals surface area contributed by atoms with Crippen molar-refractivity contribution in [2.24, 2.45) is 0 Å². The van der Waals surface area contributed by atoms with E-state index in [1.54, 1.807) is 16.4 Å². The molecule has 0 spiro atoms. The van der Waals surface area contributed by atoms with Crippen molar-refractivity contribution < 1.29 is 8.42 Å². The van der Waals surface area contributed by atoms with Gasteiger partial charge in [-0.2, -0.15) is 4.31 Å². The quantitative estimate of drug-likeness (QED) is 0.910. The average Bonchev–Trinajstić information content (AvgIpc) is 2.45. The summed E-state index contributed by atoms with van der Waals surface area (Å²) in [5, 5.41) is 3.32. The first kappa shape index (κ1) is 16.5. The molecule has 1 unspecified atom stereocenters. The van der Waals surface area contributed by atoms with Crippen molar-refractivity contribution in [3.63, 3.8) is 0 Å². The van der Waals surface area contributed by atoms with Gasteiger partial charge in [0, 0.05) is 25.2 Å². The monoisotopic (exact) mass is 310 g/mol. The van der Waals surface area contributed by atoms with Crippen molar-refractivity contribution in [2.75, 3.05) is 6.54 Å². The largest absolute Gasteiger partial charge is 0.310 e. The van der Waals surface area contributed by atoms with E-state index in [2.05, 4.69) is 19.2 Å². The number of piperidine rings is 1. The maximum atomic E-state index is 12.8. The maximum Gasteiger partial charge on any atom is 0.243 e. The van der Waals surface area contributed by atoms with Gasteiger partial charge in [-0.15, -0.1) is 0 Å². The van der Waals surface area contributed by atoms with E-state index in [9.17, 15) is 8.42 Å². The molecule has 2 rings (SSSR count). The Morgan fingerprint density at radius 1 is 1.33 bits per heavy atom. The van der Waals surface area contributed by atoms with Gasteiger partial charge in [-0.25, -0.2) is 8.42 Å². The second-order valence-electron chi connectivity index (χ2n) is 6.14. The Hall–Kier alpha value is -0.910. The fraction of sp³-hybridized carbons (Fsp3) is 0.625. The normalized spacial score (nSPS) is 20.9. The predicted molar refractivity (Wildman–Crippen MR) is 85.6 cm³/mol. The van der Waals surface area contributed by atoms with Crippen LogP contribution in [0, 0.1) is 0 Å². The minimum Gasteiger partial charge on any atom is -0.310 e. The third kappa shape index (κ3) is 4.05. The Labute approximate surface area is 128 Å². The third-order valence-corrected chi connectivity index (χ3v) is 5.97. The standard InChI is InChI=1S/C16H26N2O2S/c1-13(2)17-12-15-8-6-9-16(11-15)21(19,20)18-10-5-4-7-14(18)3/h6,8-9,11,13-14,17H,4-5,7,10,12H2,1-3H3. The molecule has 0 amide bonds. The molecule has 1 aliphatic rings. The molecule has 1 fully saturated rings. The molecule has 1 aromatic rings. The van der Waals surface area contributed by atoms with Crippen LogP contribution >= 0.6 is 0 Å². The van der Waals surface area contributed by atoms with E-state index in [1.807, 2.05) is 19.1 Å². The molecule has 1 aliphatic heterocycles. The van der Waals surface area contributed by atoms with Crippen LogP contribution in [-0.2, 0) is 16.6 Å². The van der Waals surface area contributed by atoms with Gasteiger partial charge in [0.15, 0.2) is 0 Å². The van der Waals surface area contributed by atoms with Crippen LogP contribution < -0.4 is 5.32 Å². The summed E-state index contributed by atoms with van der Waals surface area (Å²) in [5.74, 6) is 0. The van der Waals surface area contributed by atoms with Gasteiger partial charge in [0.2, 0.25) is 10.0 Å². The smallest absolute Gasteiger partial charge is 0.243 e. The van der Waals surface area contributed by atoms with E-state index in [4.69, 9.17) is 0 Å². The fourth-order valence-corrected chi connectivity index (χ4v) is 4.47. The van der Waals surface area contributed by atoms with E-state index >= 15 is 0 Å². The highest BCUT2D eigenvalue weighted by molar-refractivity contribution is 7.89. The first-order valence-corrected chi connectivity index (χ1v) is 9.19. The molecule has 5 heteroatoms. The first-order chi connectivity index (χ1) is 9.91. The van der Waals surface area contributed by atoms with Gasteiger partial charge in [-0.3, -0.25) is 0 Å². The van der Waals surface area contributed by atoms with Crippen LogP contribution in [0.2, 0.25) is 0 Å². The number of benzene rings is 1. The van der Waals surface area contributed by atoms with Gasteiger partial charge in [0.1, 0.15) is 0 Å². The third-order valence-electron chi connectivity index (χ3n) is 3.96. The van der Waals surface area contributed by atoms with Crippen molar-refractivity contribution in [3.8, 4) is 0 Å². The summed E-state index contributed by atoms with van der Waals surface area (Å²) in [6.45, 7) is 7.49. The predicted octanol–water partition coefficient (Wildman–Crippen LogP) is 2.75. The Morgan fingerprint density at radius 2 is 2.10 bits per heavy atom. The molecule has 4 nitrogen and oxygen atoms in total. The van der Waals surface area contributed by atoms with Crippen LogP contribution in [0.1, 0.15) is 45.6 Å². The van der Waals surface area contributed by atoms with Crippen LogP contribution in [0.15, 0.2) is 29.2 Å². The molecular formula is C16H26N2O2S. The lowest BCUT2D eigenvalue weighted by atomic mass is 10.1. The van der Waals surface area contributed by atoms with Gasteiger partial charge >= 0.3 is 0 Å². The van der Waals surface area contributed by atoms with Crippen molar-refractivity contribution in [2.45, 2.75) is 63.6 Å². The Morgan fingerprint density at radius 3 is 2.76 bits per heavy atom. The summed E-state index contributed by atoms with van der Waals surface area (Å²) in [6, 6.07) is 7.78. The summed E-state index contributed by atoms with van der Waals surface area (Å²) in [6.07, 6.45) is 3.03. The number of nitrogens with zero attached hydrogens (tertiary/aromatic N) is 1. The fourth-order valence-electron chi connectivity index (χ4n) is 2.70. The van der Waals surface area contributed by atoms with Gasteiger partial charge in [0.25, 0.3) is 0 Å². The summed E-state index contributed by atoms with van der Waals surface area (Å²) in [7, 11) is -3.37. The van der Waals surface area contributed by atoms with Crippen molar-refractivity contribution in [1.82, 2.24) is 9.62 Å². The molecule has 0 bridgehead atoms. The highest BCUT2D eigenvalue weighted by Crippen LogP contribution is 2.25. The molecule has 1 saturated heterocycles.